The lowest BCUT2D eigenvalue weighted by Crippen LogP contribution is -2.24. The topological polar surface area (TPSA) is 34.1 Å². The zero-order valence-electron chi connectivity index (χ0n) is 24.2. The van der Waals surface area contributed by atoms with E-state index in [4.69, 9.17) is 0 Å². The molecule has 2 aromatic carbocycles. The van der Waals surface area contributed by atoms with Gasteiger partial charge in [0.1, 0.15) is 9.84 Å². The van der Waals surface area contributed by atoms with Crippen LogP contribution in [0.25, 0.3) is 0 Å². The SMILES string of the molecule is CC1CC1.CCC1CCC(CC)C(c2cc(C(F)(F)F)ccc2C)C1.CCCS(C)(=O)=O.c1ccccc1. The van der Waals surface area contributed by atoms with Crippen molar-refractivity contribution in [2.75, 3.05) is 12.0 Å². The summed E-state index contributed by atoms with van der Waals surface area (Å²) in [5, 5.41) is 0. The van der Waals surface area contributed by atoms with Gasteiger partial charge in [-0.25, -0.2) is 8.42 Å². The molecule has 2 fully saturated rings. The average Bonchev–Trinajstić information content (AvgIpc) is 3.66. The van der Waals surface area contributed by atoms with Crippen LogP contribution in [0.4, 0.5) is 13.2 Å². The van der Waals surface area contributed by atoms with Crippen molar-refractivity contribution < 1.29 is 21.6 Å². The van der Waals surface area contributed by atoms with Crippen LogP contribution in [0.1, 0.15) is 102 Å². The Labute approximate surface area is 230 Å². The van der Waals surface area contributed by atoms with E-state index in [2.05, 4.69) is 20.8 Å². The third-order valence-electron chi connectivity index (χ3n) is 7.32. The van der Waals surface area contributed by atoms with Gasteiger partial charge >= 0.3 is 6.18 Å². The van der Waals surface area contributed by atoms with Crippen molar-refractivity contribution in [3.05, 3.63) is 71.3 Å². The van der Waals surface area contributed by atoms with E-state index in [0.29, 0.717) is 17.6 Å². The molecular weight excluding hydrogens is 505 g/mol. The van der Waals surface area contributed by atoms with Crippen molar-refractivity contribution in [2.45, 2.75) is 98.1 Å². The highest BCUT2D eigenvalue weighted by atomic mass is 32.2. The lowest BCUT2D eigenvalue weighted by atomic mass is 9.68. The van der Waals surface area contributed by atoms with Crippen molar-refractivity contribution in [3.63, 3.8) is 0 Å². The van der Waals surface area contributed by atoms with E-state index in [1.165, 1.54) is 37.7 Å². The molecule has 0 radical (unpaired) electrons. The highest BCUT2D eigenvalue weighted by molar-refractivity contribution is 7.90. The largest absolute Gasteiger partial charge is 0.416 e. The Morgan fingerprint density at radius 2 is 1.39 bits per heavy atom. The van der Waals surface area contributed by atoms with E-state index in [0.717, 1.165) is 49.1 Å². The molecule has 0 spiro atoms. The fraction of sp³-hybridized carbons (Fsp3) is 0.625. The number of hydrogen-bond acceptors (Lipinski definition) is 2. The standard InChI is InChI=1S/C18H25F3.C6H6.C4H10O2S.C4H8/c1-4-13-7-8-14(5-2)17(10-13)16-11-15(18(19,20)21)9-6-12(16)3;1-2-4-6-5-3-1;1-3-4-7(2,5)6;1-4-2-3-4/h6,9,11,13-14,17H,4-5,7-8,10H2,1-3H3;1-6H;3-4H2,1-2H3;4H,2-3H2,1H3. The highest BCUT2D eigenvalue weighted by Crippen LogP contribution is 2.45. The van der Waals surface area contributed by atoms with Crippen LogP contribution in [0, 0.1) is 24.7 Å². The first kappa shape index (κ1) is 34.2. The number of benzene rings is 2. The second-order valence-electron chi connectivity index (χ2n) is 10.9. The van der Waals surface area contributed by atoms with Crippen molar-refractivity contribution in [1.82, 2.24) is 0 Å². The Kier molecular flexibility index (Phi) is 15.3. The molecule has 2 aliphatic rings. The predicted octanol–water partition coefficient (Wildman–Crippen LogP) is 9.88. The first-order chi connectivity index (χ1) is 17.8. The molecule has 3 unspecified atom stereocenters. The predicted molar refractivity (Wildman–Crippen MR) is 155 cm³/mol. The van der Waals surface area contributed by atoms with E-state index in [1.54, 1.807) is 6.07 Å². The van der Waals surface area contributed by atoms with Crippen molar-refractivity contribution in [3.8, 4) is 0 Å². The van der Waals surface area contributed by atoms with Gasteiger partial charge in [0.15, 0.2) is 0 Å². The summed E-state index contributed by atoms with van der Waals surface area (Å²) < 4.78 is 59.4. The van der Waals surface area contributed by atoms with Gasteiger partial charge in [-0.3, -0.25) is 0 Å². The molecule has 0 aromatic heterocycles. The Bertz CT molecular complexity index is 972. The maximum atomic E-state index is 13.0. The lowest BCUT2D eigenvalue weighted by Gasteiger charge is -2.37. The van der Waals surface area contributed by atoms with Crippen LogP contribution < -0.4 is 0 Å². The molecule has 3 atom stereocenters. The monoisotopic (exact) mass is 554 g/mol. The Hall–Kier alpha value is -1.82. The smallest absolute Gasteiger partial charge is 0.229 e. The van der Waals surface area contributed by atoms with Crippen molar-refractivity contribution >= 4 is 9.84 Å². The Morgan fingerprint density at radius 1 is 0.868 bits per heavy atom. The summed E-state index contributed by atoms with van der Waals surface area (Å²) in [5.41, 5.74) is 1.43. The lowest BCUT2D eigenvalue weighted by molar-refractivity contribution is -0.137. The number of halogens is 3. The third-order valence-corrected chi connectivity index (χ3v) is 8.47. The summed E-state index contributed by atoms with van der Waals surface area (Å²) in [5.74, 6) is 2.87. The van der Waals surface area contributed by atoms with Crippen LogP contribution in [0.3, 0.4) is 0 Å². The molecule has 216 valence electrons. The molecule has 2 nitrogen and oxygen atoms in total. The van der Waals surface area contributed by atoms with Gasteiger partial charge in [-0.2, -0.15) is 13.2 Å². The first-order valence-electron chi connectivity index (χ1n) is 14.2. The van der Waals surface area contributed by atoms with Crippen LogP contribution >= 0.6 is 0 Å². The average molecular weight is 555 g/mol. The number of aryl methyl sites for hydroxylation is 1. The Balaban J connectivity index is 0.000000341. The number of rotatable bonds is 5. The van der Waals surface area contributed by atoms with Crippen LogP contribution in [-0.4, -0.2) is 20.4 Å². The fourth-order valence-electron chi connectivity index (χ4n) is 4.70. The van der Waals surface area contributed by atoms with Crippen LogP contribution in [0.2, 0.25) is 0 Å². The quantitative estimate of drug-likeness (QED) is 0.368. The van der Waals surface area contributed by atoms with Crippen LogP contribution in [-0.2, 0) is 16.0 Å². The van der Waals surface area contributed by atoms with Gasteiger partial charge in [0, 0.05) is 12.0 Å². The Morgan fingerprint density at radius 3 is 1.74 bits per heavy atom. The maximum absolute atomic E-state index is 13.0. The summed E-state index contributed by atoms with van der Waals surface area (Å²) in [6.45, 7) is 10.4. The molecule has 2 saturated carbocycles. The van der Waals surface area contributed by atoms with Gasteiger partial charge < -0.3 is 0 Å². The molecule has 0 amide bonds. The van der Waals surface area contributed by atoms with Crippen molar-refractivity contribution in [1.29, 1.82) is 0 Å². The van der Waals surface area contributed by atoms with Gasteiger partial charge in [-0.15, -0.1) is 0 Å². The molecule has 0 N–H and O–H groups in total. The minimum Gasteiger partial charge on any atom is -0.229 e. The minimum atomic E-state index is -4.25. The van der Waals surface area contributed by atoms with E-state index >= 15 is 0 Å². The minimum absolute atomic E-state index is 0.288. The molecule has 0 heterocycles. The van der Waals surface area contributed by atoms with Gasteiger partial charge in [0.25, 0.3) is 0 Å². The molecule has 0 bridgehead atoms. The number of sulfone groups is 1. The summed E-state index contributed by atoms with van der Waals surface area (Å²) in [6, 6.07) is 16.3. The fourth-order valence-corrected chi connectivity index (χ4v) is 5.44. The van der Waals surface area contributed by atoms with E-state index < -0.39 is 21.6 Å². The molecule has 38 heavy (non-hydrogen) atoms. The number of alkyl halides is 3. The van der Waals surface area contributed by atoms with E-state index in [9.17, 15) is 21.6 Å². The zero-order chi connectivity index (χ0) is 28.8. The van der Waals surface area contributed by atoms with Crippen LogP contribution in [0.5, 0.6) is 0 Å². The van der Waals surface area contributed by atoms with Gasteiger partial charge in [0.2, 0.25) is 0 Å². The van der Waals surface area contributed by atoms with Crippen molar-refractivity contribution in [2.24, 2.45) is 17.8 Å². The summed E-state index contributed by atoms with van der Waals surface area (Å²) in [6.07, 6.45) is 6.29. The molecule has 2 aliphatic carbocycles. The molecule has 0 saturated heterocycles. The van der Waals surface area contributed by atoms with Gasteiger partial charge in [-0.05, 0) is 73.1 Å². The molecule has 6 heteroatoms. The van der Waals surface area contributed by atoms with E-state index in [1.807, 2.05) is 50.2 Å². The summed E-state index contributed by atoms with van der Waals surface area (Å²) in [4.78, 5) is 0. The summed E-state index contributed by atoms with van der Waals surface area (Å²) in [7, 11) is -2.67. The second kappa shape index (κ2) is 17.0. The highest BCUT2D eigenvalue weighted by Gasteiger charge is 2.34. The zero-order valence-corrected chi connectivity index (χ0v) is 25.0. The van der Waals surface area contributed by atoms with E-state index in [-0.39, 0.29) is 5.92 Å². The molecule has 4 rings (SSSR count). The second-order valence-corrected chi connectivity index (χ2v) is 13.2. The van der Waals surface area contributed by atoms with Gasteiger partial charge in [-0.1, -0.05) is 102 Å². The number of hydrogen-bond donors (Lipinski definition) is 0. The van der Waals surface area contributed by atoms with Crippen LogP contribution in [0.15, 0.2) is 54.6 Å². The molecule has 2 aromatic rings. The maximum Gasteiger partial charge on any atom is 0.416 e. The van der Waals surface area contributed by atoms with Gasteiger partial charge in [0.05, 0.1) is 5.56 Å². The normalized spacial score (nSPS) is 21.0. The summed E-state index contributed by atoms with van der Waals surface area (Å²) >= 11 is 0. The molecule has 0 aliphatic heterocycles. The first-order valence-corrected chi connectivity index (χ1v) is 16.2. The third kappa shape index (κ3) is 14.4. The molecular formula is C32H49F3O2S.